The first-order chi connectivity index (χ1) is 13.7. The molecule has 3 aromatic rings. The molecule has 0 unspecified atom stereocenters. The summed E-state index contributed by atoms with van der Waals surface area (Å²) >= 11 is 0. The van der Waals surface area contributed by atoms with Gasteiger partial charge in [-0.25, -0.2) is 4.98 Å². The molecule has 28 heavy (non-hydrogen) atoms. The molecule has 3 rings (SSSR count). The number of hydrogen-bond acceptors (Lipinski definition) is 3. The Bertz CT molecular complexity index is 962. The lowest BCUT2D eigenvalue weighted by Crippen LogP contribution is -2.23. The lowest BCUT2D eigenvalue weighted by molar-refractivity contribution is 0.340. The molecule has 0 spiro atoms. The van der Waals surface area contributed by atoms with Gasteiger partial charge in [-0.3, -0.25) is 9.36 Å². The third-order valence-corrected chi connectivity index (χ3v) is 5.04. The van der Waals surface area contributed by atoms with E-state index in [9.17, 15) is 4.79 Å². The van der Waals surface area contributed by atoms with E-state index in [1.165, 1.54) is 25.7 Å². The smallest absolute Gasteiger partial charge is 0.260 e. The third-order valence-electron chi connectivity index (χ3n) is 5.04. The van der Waals surface area contributed by atoms with Crippen molar-refractivity contribution in [3.05, 3.63) is 59.0 Å². The summed E-state index contributed by atoms with van der Waals surface area (Å²) in [5.74, 6) is 0.785. The molecule has 4 nitrogen and oxygen atoms in total. The largest absolute Gasteiger partial charge is 0.494 e. The molecule has 0 saturated heterocycles. The Labute approximate surface area is 167 Å². The zero-order valence-electron chi connectivity index (χ0n) is 17.0. The van der Waals surface area contributed by atoms with Crippen LogP contribution in [0.1, 0.15) is 52.4 Å². The molecule has 1 aromatic carbocycles. The van der Waals surface area contributed by atoms with E-state index in [0.29, 0.717) is 18.7 Å². The number of fused-ring (bicyclic) bond motifs is 1. The Morgan fingerprint density at radius 2 is 1.79 bits per heavy atom. The van der Waals surface area contributed by atoms with Crippen LogP contribution in [0.15, 0.2) is 53.5 Å². The van der Waals surface area contributed by atoms with Crippen molar-refractivity contribution in [2.75, 3.05) is 6.61 Å². The van der Waals surface area contributed by atoms with Crippen LogP contribution in [0.2, 0.25) is 0 Å². The van der Waals surface area contributed by atoms with Crippen molar-refractivity contribution in [3.8, 4) is 16.9 Å². The van der Waals surface area contributed by atoms with Crippen molar-refractivity contribution >= 4 is 11.0 Å². The maximum atomic E-state index is 13.3. The molecule has 2 aromatic heterocycles. The first-order valence-electron chi connectivity index (χ1n) is 10.5. The lowest BCUT2D eigenvalue weighted by atomic mass is 10.0. The van der Waals surface area contributed by atoms with E-state index in [1.54, 1.807) is 6.20 Å². The van der Waals surface area contributed by atoms with Gasteiger partial charge in [0, 0.05) is 23.7 Å². The molecule has 0 aliphatic heterocycles. The Morgan fingerprint density at radius 1 is 0.964 bits per heavy atom. The Hall–Kier alpha value is -2.62. The summed E-state index contributed by atoms with van der Waals surface area (Å²) < 4.78 is 7.46. The highest BCUT2D eigenvalue weighted by Crippen LogP contribution is 2.24. The zero-order chi connectivity index (χ0) is 19.8. The quantitative estimate of drug-likeness (QED) is 0.417. The van der Waals surface area contributed by atoms with Gasteiger partial charge >= 0.3 is 0 Å². The van der Waals surface area contributed by atoms with Gasteiger partial charge in [-0.1, -0.05) is 51.2 Å². The van der Waals surface area contributed by atoms with E-state index in [1.807, 2.05) is 54.0 Å². The number of hydrogen-bond donors (Lipinski definition) is 0. The minimum Gasteiger partial charge on any atom is -0.494 e. The Kier molecular flexibility index (Phi) is 7.24. The highest BCUT2D eigenvalue weighted by molar-refractivity contribution is 5.81. The fourth-order valence-corrected chi connectivity index (χ4v) is 3.59. The van der Waals surface area contributed by atoms with Crippen molar-refractivity contribution in [1.29, 1.82) is 0 Å². The monoisotopic (exact) mass is 378 g/mol. The van der Waals surface area contributed by atoms with Crippen molar-refractivity contribution in [2.45, 2.75) is 58.9 Å². The van der Waals surface area contributed by atoms with E-state index in [-0.39, 0.29) is 5.56 Å². The molecule has 0 amide bonds. The Morgan fingerprint density at radius 3 is 2.61 bits per heavy atom. The molecule has 0 saturated carbocycles. The van der Waals surface area contributed by atoms with Crippen LogP contribution in [0.3, 0.4) is 0 Å². The maximum Gasteiger partial charge on any atom is 0.260 e. The van der Waals surface area contributed by atoms with Crippen molar-refractivity contribution < 1.29 is 4.74 Å². The predicted molar refractivity (Wildman–Crippen MR) is 116 cm³/mol. The summed E-state index contributed by atoms with van der Waals surface area (Å²) in [6.45, 7) is 5.50. The lowest BCUT2D eigenvalue weighted by Gasteiger charge is -2.13. The highest BCUT2D eigenvalue weighted by atomic mass is 16.5. The standard InChI is InChI=1S/C24H30N2O2/c1-3-5-6-7-8-9-16-26-23-20(13-11-15-25-23)18-22(24(26)27)19-12-10-14-21(17-19)28-4-2/h10-15,17-18H,3-9,16H2,1-2H3. The number of unbranched alkanes of at least 4 members (excludes halogenated alkanes) is 5. The molecule has 2 heterocycles. The summed E-state index contributed by atoms with van der Waals surface area (Å²) in [4.78, 5) is 17.8. The minimum atomic E-state index is 0.0217. The summed E-state index contributed by atoms with van der Waals surface area (Å²) in [5, 5.41) is 0.991. The van der Waals surface area contributed by atoms with Crippen molar-refractivity contribution in [3.63, 3.8) is 0 Å². The molecule has 0 aliphatic carbocycles. The molecular formula is C24H30N2O2. The van der Waals surface area contributed by atoms with Crippen LogP contribution in [-0.4, -0.2) is 16.2 Å². The molecule has 148 valence electrons. The number of aromatic nitrogens is 2. The van der Waals surface area contributed by atoms with Gasteiger partial charge in [0.05, 0.1) is 6.61 Å². The fourth-order valence-electron chi connectivity index (χ4n) is 3.59. The van der Waals surface area contributed by atoms with Crippen LogP contribution < -0.4 is 10.3 Å². The zero-order valence-corrected chi connectivity index (χ0v) is 17.0. The van der Waals surface area contributed by atoms with Crippen LogP contribution in [0, 0.1) is 0 Å². The average Bonchev–Trinajstić information content (AvgIpc) is 2.72. The van der Waals surface area contributed by atoms with Gasteiger partial charge in [-0.15, -0.1) is 0 Å². The van der Waals surface area contributed by atoms with Gasteiger partial charge < -0.3 is 4.74 Å². The van der Waals surface area contributed by atoms with Gasteiger partial charge in [0.15, 0.2) is 0 Å². The van der Waals surface area contributed by atoms with Gasteiger partial charge in [0.2, 0.25) is 0 Å². The van der Waals surface area contributed by atoms with E-state index in [4.69, 9.17) is 4.74 Å². The van der Waals surface area contributed by atoms with E-state index in [2.05, 4.69) is 11.9 Å². The number of benzene rings is 1. The van der Waals surface area contributed by atoms with Crippen molar-refractivity contribution in [1.82, 2.24) is 9.55 Å². The summed E-state index contributed by atoms with van der Waals surface area (Å²) in [6, 6.07) is 13.7. The van der Waals surface area contributed by atoms with Crippen LogP contribution in [0.25, 0.3) is 22.2 Å². The van der Waals surface area contributed by atoms with Gasteiger partial charge in [-0.2, -0.15) is 0 Å². The van der Waals surface area contributed by atoms with Crippen LogP contribution in [0.5, 0.6) is 5.75 Å². The second-order valence-corrected chi connectivity index (χ2v) is 7.16. The molecular weight excluding hydrogens is 348 g/mol. The van der Waals surface area contributed by atoms with E-state index < -0.39 is 0 Å². The van der Waals surface area contributed by atoms with Gasteiger partial charge in [0.1, 0.15) is 11.4 Å². The Balaban J connectivity index is 1.93. The normalized spacial score (nSPS) is 11.1. The number of nitrogens with zero attached hydrogens (tertiary/aromatic N) is 2. The molecule has 4 heteroatoms. The number of pyridine rings is 2. The van der Waals surface area contributed by atoms with E-state index >= 15 is 0 Å². The molecule has 0 radical (unpaired) electrons. The third kappa shape index (κ3) is 4.80. The topological polar surface area (TPSA) is 44.1 Å². The van der Waals surface area contributed by atoms with Crippen molar-refractivity contribution in [2.24, 2.45) is 0 Å². The highest BCUT2D eigenvalue weighted by Gasteiger charge is 2.12. The fraction of sp³-hybridized carbons (Fsp3) is 0.417. The first-order valence-corrected chi connectivity index (χ1v) is 10.5. The molecule has 0 fully saturated rings. The summed E-state index contributed by atoms with van der Waals surface area (Å²) in [6.07, 6.45) is 8.93. The second-order valence-electron chi connectivity index (χ2n) is 7.16. The summed E-state index contributed by atoms with van der Waals surface area (Å²) in [7, 11) is 0. The first kappa shape index (κ1) is 20.1. The molecule has 0 aliphatic rings. The van der Waals surface area contributed by atoms with Crippen LogP contribution in [-0.2, 0) is 6.54 Å². The number of rotatable bonds is 10. The number of ether oxygens (including phenoxy) is 1. The molecule has 0 bridgehead atoms. The molecule has 0 N–H and O–H groups in total. The molecule has 0 atom stereocenters. The minimum absolute atomic E-state index is 0.0217. The average molecular weight is 379 g/mol. The second kappa shape index (κ2) is 10.1. The SMILES string of the molecule is CCCCCCCCn1c(=O)c(-c2cccc(OCC)c2)cc2cccnc21. The summed E-state index contributed by atoms with van der Waals surface area (Å²) in [5.41, 5.74) is 2.38. The van der Waals surface area contributed by atoms with Crippen LogP contribution >= 0.6 is 0 Å². The maximum absolute atomic E-state index is 13.3. The van der Waals surface area contributed by atoms with Crippen LogP contribution in [0.4, 0.5) is 0 Å². The van der Waals surface area contributed by atoms with Gasteiger partial charge in [-0.05, 0) is 49.2 Å². The van der Waals surface area contributed by atoms with E-state index in [0.717, 1.165) is 35.2 Å². The predicted octanol–water partition coefficient (Wildman–Crippen LogP) is 5.82. The number of aryl methyl sites for hydroxylation is 1. The van der Waals surface area contributed by atoms with Gasteiger partial charge in [0.25, 0.3) is 5.56 Å².